The van der Waals surface area contributed by atoms with Gasteiger partial charge in [0.2, 0.25) is 11.8 Å². The zero-order valence-electron chi connectivity index (χ0n) is 16.9. The molecule has 1 aromatic rings. The zero-order valence-corrected chi connectivity index (χ0v) is 16.9. The van der Waals surface area contributed by atoms with Crippen molar-refractivity contribution in [2.24, 2.45) is 11.8 Å². The second-order valence-corrected chi connectivity index (χ2v) is 8.69. The first-order valence-electron chi connectivity index (χ1n) is 10.7. The van der Waals surface area contributed by atoms with Crippen molar-refractivity contribution >= 4 is 11.8 Å². The van der Waals surface area contributed by atoms with Gasteiger partial charge in [-0.3, -0.25) is 9.59 Å². The molecule has 0 unspecified atom stereocenters. The first kappa shape index (κ1) is 18.7. The topological polar surface area (TPSA) is 59.1 Å². The number of methoxy groups -OCH3 is 1. The van der Waals surface area contributed by atoms with Crippen LogP contribution in [-0.4, -0.2) is 60.1 Å². The molecular formula is C23H28N2O4. The number of carbonyl (C=O) groups is 2. The Bertz CT molecular complexity index is 845. The van der Waals surface area contributed by atoms with E-state index in [9.17, 15) is 9.59 Å². The van der Waals surface area contributed by atoms with Crippen molar-refractivity contribution in [2.45, 2.75) is 43.9 Å². The minimum absolute atomic E-state index is 0.0350. The van der Waals surface area contributed by atoms with Gasteiger partial charge in [0.15, 0.2) is 0 Å². The first-order chi connectivity index (χ1) is 14.1. The summed E-state index contributed by atoms with van der Waals surface area (Å²) in [4.78, 5) is 30.6. The fourth-order valence-corrected chi connectivity index (χ4v) is 5.49. The van der Waals surface area contributed by atoms with Crippen LogP contribution in [0, 0.1) is 11.8 Å². The Kier molecular flexibility index (Phi) is 4.62. The molecule has 0 radical (unpaired) electrons. The average molecular weight is 396 g/mol. The van der Waals surface area contributed by atoms with E-state index in [1.807, 2.05) is 46.2 Å². The standard InChI is InChI=1S/C23H28N2O4/c1-28-17-8-6-7-16(13-17)14-25-15-23-10-9-18(29-23)19(20(23)22(25)27)21(26)24-11-4-2-3-5-12-24/h6-10,13,18-20H,2-5,11-12,14-15H2,1H3/t18-,19+,20-,23-/m0/s1. The molecule has 3 fully saturated rings. The molecule has 0 aliphatic carbocycles. The number of nitrogens with zero attached hydrogens (tertiary/aromatic N) is 2. The highest BCUT2D eigenvalue weighted by Gasteiger charge is 2.67. The number of rotatable bonds is 4. The van der Waals surface area contributed by atoms with Crippen LogP contribution in [0.15, 0.2) is 36.4 Å². The second-order valence-electron chi connectivity index (χ2n) is 8.69. The van der Waals surface area contributed by atoms with E-state index in [-0.39, 0.29) is 23.8 Å². The minimum Gasteiger partial charge on any atom is -0.497 e. The van der Waals surface area contributed by atoms with E-state index in [1.165, 1.54) is 12.8 Å². The Morgan fingerprint density at radius 3 is 2.79 bits per heavy atom. The summed E-state index contributed by atoms with van der Waals surface area (Å²) in [5, 5.41) is 0. The number of fused-ring (bicyclic) bond motifs is 1. The van der Waals surface area contributed by atoms with Crippen LogP contribution < -0.4 is 4.74 Å². The number of carbonyl (C=O) groups excluding carboxylic acids is 2. The van der Waals surface area contributed by atoms with E-state index in [0.717, 1.165) is 37.2 Å². The molecule has 154 valence electrons. The predicted octanol–water partition coefficient (Wildman–Crippen LogP) is 2.38. The van der Waals surface area contributed by atoms with Crippen LogP contribution in [0.2, 0.25) is 0 Å². The fraction of sp³-hybridized carbons (Fsp3) is 0.565. The molecule has 6 nitrogen and oxygen atoms in total. The number of hydrogen-bond donors (Lipinski definition) is 0. The van der Waals surface area contributed by atoms with E-state index in [2.05, 4.69) is 0 Å². The summed E-state index contributed by atoms with van der Waals surface area (Å²) in [5.41, 5.74) is 0.371. The van der Waals surface area contributed by atoms with Crippen molar-refractivity contribution < 1.29 is 19.1 Å². The van der Waals surface area contributed by atoms with Crippen LogP contribution >= 0.6 is 0 Å². The molecule has 3 saturated heterocycles. The highest BCUT2D eigenvalue weighted by atomic mass is 16.5. The van der Waals surface area contributed by atoms with E-state index < -0.39 is 11.5 Å². The maximum Gasteiger partial charge on any atom is 0.230 e. The van der Waals surface area contributed by atoms with Crippen molar-refractivity contribution in [3.05, 3.63) is 42.0 Å². The van der Waals surface area contributed by atoms with Gasteiger partial charge >= 0.3 is 0 Å². The van der Waals surface area contributed by atoms with Gasteiger partial charge < -0.3 is 19.3 Å². The quantitative estimate of drug-likeness (QED) is 0.734. The van der Waals surface area contributed by atoms with Crippen LogP contribution in [0.4, 0.5) is 0 Å². The molecule has 0 saturated carbocycles. The van der Waals surface area contributed by atoms with Gasteiger partial charge in [-0.05, 0) is 30.5 Å². The molecule has 4 aliphatic heterocycles. The maximum atomic E-state index is 13.4. The normalized spacial score (nSPS) is 33.1. The molecule has 2 bridgehead atoms. The monoisotopic (exact) mass is 396 g/mol. The third-order valence-electron chi connectivity index (χ3n) is 6.89. The Hall–Kier alpha value is -2.34. The van der Waals surface area contributed by atoms with E-state index >= 15 is 0 Å². The van der Waals surface area contributed by atoms with Gasteiger partial charge in [-0.25, -0.2) is 0 Å². The van der Waals surface area contributed by atoms with Crippen LogP contribution in [-0.2, 0) is 20.9 Å². The van der Waals surface area contributed by atoms with Crippen molar-refractivity contribution in [3.63, 3.8) is 0 Å². The molecule has 0 aromatic heterocycles. The summed E-state index contributed by atoms with van der Waals surface area (Å²) in [6, 6.07) is 7.77. The third-order valence-corrected chi connectivity index (χ3v) is 6.89. The lowest BCUT2D eigenvalue weighted by molar-refractivity contribution is -0.143. The zero-order chi connectivity index (χ0) is 20.0. The molecule has 29 heavy (non-hydrogen) atoms. The van der Waals surface area contributed by atoms with Crippen LogP contribution in [0.1, 0.15) is 31.2 Å². The fourth-order valence-electron chi connectivity index (χ4n) is 5.49. The lowest BCUT2D eigenvalue weighted by Crippen LogP contribution is -2.46. The number of ether oxygens (including phenoxy) is 2. The average Bonchev–Trinajstić information content (AvgIpc) is 3.26. The summed E-state index contributed by atoms with van der Waals surface area (Å²) in [6.07, 6.45) is 8.21. The van der Waals surface area contributed by atoms with Gasteiger partial charge in [0.25, 0.3) is 0 Å². The first-order valence-corrected chi connectivity index (χ1v) is 10.7. The van der Waals surface area contributed by atoms with E-state index in [4.69, 9.17) is 9.47 Å². The number of likely N-dealkylation sites (tertiary alicyclic amines) is 2. The molecular weight excluding hydrogens is 368 g/mol. The van der Waals surface area contributed by atoms with E-state index in [0.29, 0.717) is 13.1 Å². The van der Waals surface area contributed by atoms with E-state index in [1.54, 1.807) is 7.11 Å². The van der Waals surface area contributed by atoms with Gasteiger partial charge in [0.1, 0.15) is 11.4 Å². The molecule has 1 spiro atoms. The van der Waals surface area contributed by atoms with Gasteiger partial charge in [0.05, 0.1) is 31.6 Å². The SMILES string of the molecule is COc1cccc(CN2C[C@]34C=C[C@H](O3)[C@@H](C(=O)N3CCCCCC3)[C@H]4C2=O)c1. The second kappa shape index (κ2) is 7.17. The van der Waals surface area contributed by atoms with Gasteiger partial charge in [-0.15, -0.1) is 0 Å². The molecule has 1 aromatic carbocycles. The Morgan fingerprint density at radius 2 is 2.03 bits per heavy atom. The highest BCUT2D eigenvalue weighted by Crippen LogP contribution is 2.52. The molecule has 4 heterocycles. The summed E-state index contributed by atoms with van der Waals surface area (Å²) in [5.74, 6) is 0.121. The van der Waals surface area contributed by atoms with Crippen molar-refractivity contribution in [3.8, 4) is 5.75 Å². The summed E-state index contributed by atoms with van der Waals surface area (Å²) in [6.45, 7) is 2.60. The molecule has 5 rings (SSSR count). The summed E-state index contributed by atoms with van der Waals surface area (Å²) < 4.78 is 11.6. The number of hydrogen-bond acceptors (Lipinski definition) is 4. The van der Waals surface area contributed by atoms with Gasteiger partial charge in [0, 0.05) is 19.6 Å². The predicted molar refractivity (Wildman–Crippen MR) is 107 cm³/mol. The maximum absolute atomic E-state index is 13.4. The third kappa shape index (κ3) is 3.05. The van der Waals surface area contributed by atoms with Crippen molar-refractivity contribution in [2.75, 3.05) is 26.7 Å². The van der Waals surface area contributed by atoms with Gasteiger partial charge in [-0.1, -0.05) is 37.1 Å². The lowest BCUT2D eigenvalue weighted by atomic mass is 9.76. The Balaban J connectivity index is 1.37. The minimum atomic E-state index is -0.646. The number of benzene rings is 1. The van der Waals surface area contributed by atoms with Gasteiger partial charge in [-0.2, -0.15) is 0 Å². The number of amides is 2. The molecule has 6 heteroatoms. The molecule has 4 aliphatic rings. The van der Waals surface area contributed by atoms with Crippen molar-refractivity contribution in [1.29, 1.82) is 0 Å². The molecule has 4 atom stereocenters. The smallest absolute Gasteiger partial charge is 0.230 e. The lowest BCUT2D eigenvalue weighted by Gasteiger charge is -2.29. The molecule has 2 amide bonds. The van der Waals surface area contributed by atoms with Crippen LogP contribution in [0.5, 0.6) is 5.75 Å². The molecule has 0 N–H and O–H groups in total. The van der Waals surface area contributed by atoms with Crippen LogP contribution in [0.25, 0.3) is 0 Å². The highest BCUT2D eigenvalue weighted by molar-refractivity contribution is 5.93. The van der Waals surface area contributed by atoms with Crippen molar-refractivity contribution in [1.82, 2.24) is 9.80 Å². The Labute approximate surface area is 171 Å². The summed E-state index contributed by atoms with van der Waals surface area (Å²) in [7, 11) is 1.64. The Morgan fingerprint density at radius 1 is 1.24 bits per heavy atom. The summed E-state index contributed by atoms with van der Waals surface area (Å²) >= 11 is 0. The largest absolute Gasteiger partial charge is 0.497 e. The van der Waals surface area contributed by atoms with Crippen LogP contribution in [0.3, 0.4) is 0 Å².